The summed E-state index contributed by atoms with van der Waals surface area (Å²) in [6.07, 6.45) is 0. The molecule has 0 amide bonds. The smallest absolute Gasteiger partial charge is 0.285 e. The molecule has 14 heavy (non-hydrogen) atoms. The van der Waals surface area contributed by atoms with E-state index in [2.05, 4.69) is 38.0 Å². The molecule has 1 N–H and O–H groups in total. The second-order valence-electron chi connectivity index (χ2n) is 4.53. The number of hydrogen-bond acceptors (Lipinski definition) is 2. The Balaban J connectivity index is 4.11. The van der Waals surface area contributed by atoms with Crippen LogP contribution in [-0.4, -0.2) is 24.7 Å². The van der Waals surface area contributed by atoms with Gasteiger partial charge in [0.25, 0.3) is 6.02 Å². The van der Waals surface area contributed by atoms with E-state index in [0.29, 0.717) is 24.6 Å². The molecular formula is C11H24N2O. The molecule has 0 aliphatic carbocycles. The van der Waals surface area contributed by atoms with Crippen molar-refractivity contribution in [1.82, 2.24) is 5.32 Å². The minimum absolute atomic E-state index is 0.267. The number of nitrogens with one attached hydrogen (secondary N) is 1. The third kappa shape index (κ3) is 7.90. The number of ether oxygens (including phenoxy) is 1. The zero-order valence-corrected chi connectivity index (χ0v) is 10.3. The molecule has 0 saturated heterocycles. The van der Waals surface area contributed by atoms with Gasteiger partial charge in [0.05, 0.1) is 6.61 Å². The largest absolute Gasteiger partial charge is 0.465 e. The molecule has 0 aromatic carbocycles. The van der Waals surface area contributed by atoms with Crippen molar-refractivity contribution in [1.29, 1.82) is 0 Å². The van der Waals surface area contributed by atoms with Crippen molar-refractivity contribution in [2.75, 3.05) is 6.61 Å². The van der Waals surface area contributed by atoms with Gasteiger partial charge in [0, 0.05) is 12.1 Å². The fourth-order valence-electron chi connectivity index (χ4n) is 0.843. The third-order valence-electron chi connectivity index (χ3n) is 1.34. The minimum Gasteiger partial charge on any atom is -0.465 e. The average Bonchev–Trinajstić information content (AvgIpc) is 1.97. The lowest BCUT2D eigenvalue weighted by Crippen LogP contribution is -2.34. The molecule has 0 aromatic rings. The Morgan fingerprint density at radius 3 is 2.07 bits per heavy atom. The van der Waals surface area contributed by atoms with Crippen LogP contribution in [0, 0.1) is 5.92 Å². The lowest BCUT2D eigenvalue weighted by molar-refractivity contribution is 0.242. The minimum atomic E-state index is 0.267. The molecule has 0 radical (unpaired) electrons. The molecular weight excluding hydrogens is 176 g/mol. The highest BCUT2D eigenvalue weighted by Gasteiger charge is 2.04. The molecule has 0 aliphatic heterocycles. The van der Waals surface area contributed by atoms with Crippen molar-refractivity contribution < 1.29 is 4.74 Å². The van der Waals surface area contributed by atoms with Crippen LogP contribution in [0.1, 0.15) is 41.5 Å². The Kier molecular flexibility index (Phi) is 6.34. The van der Waals surface area contributed by atoms with E-state index in [9.17, 15) is 0 Å². The molecule has 84 valence electrons. The highest BCUT2D eigenvalue weighted by Crippen LogP contribution is 1.96. The monoisotopic (exact) mass is 200 g/mol. The standard InChI is InChI=1S/C11H24N2O/c1-8(2)7-14-11(12-9(3)4)13-10(5)6/h8-10H,7H2,1-6H3,(H,12,13). The summed E-state index contributed by atoms with van der Waals surface area (Å²) in [6.45, 7) is 13.2. The number of amidine groups is 1. The van der Waals surface area contributed by atoms with E-state index in [1.807, 2.05) is 13.8 Å². The van der Waals surface area contributed by atoms with Crippen molar-refractivity contribution in [3.63, 3.8) is 0 Å². The van der Waals surface area contributed by atoms with Gasteiger partial charge < -0.3 is 10.1 Å². The lowest BCUT2D eigenvalue weighted by Gasteiger charge is -2.16. The normalized spacial score (nSPS) is 12.8. The van der Waals surface area contributed by atoms with Gasteiger partial charge >= 0.3 is 0 Å². The first kappa shape index (κ1) is 13.3. The number of hydrogen-bond donors (Lipinski definition) is 1. The van der Waals surface area contributed by atoms with E-state index in [4.69, 9.17) is 4.74 Å². The molecule has 0 bridgehead atoms. The third-order valence-corrected chi connectivity index (χ3v) is 1.34. The first-order chi connectivity index (χ1) is 6.41. The Bertz CT molecular complexity index is 174. The molecule has 0 aliphatic rings. The van der Waals surface area contributed by atoms with Gasteiger partial charge in [-0.1, -0.05) is 13.8 Å². The predicted octanol–water partition coefficient (Wildman–Crippen LogP) is 2.42. The van der Waals surface area contributed by atoms with Crippen molar-refractivity contribution in [3.8, 4) is 0 Å². The topological polar surface area (TPSA) is 33.6 Å². The number of aliphatic imine (C=N–C) groups is 1. The molecule has 0 spiro atoms. The summed E-state index contributed by atoms with van der Waals surface area (Å²) in [5.41, 5.74) is 0. The first-order valence-electron chi connectivity index (χ1n) is 5.39. The van der Waals surface area contributed by atoms with Gasteiger partial charge in [-0.15, -0.1) is 0 Å². The second-order valence-corrected chi connectivity index (χ2v) is 4.53. The molecule has 3 nitrogen and oxygen atoms in total. The maximum atomic E-state index is 5.56. The summed E-state index contributed by atoms with van der Waals surface area (Å²) in [5, 5.41) is 3.19. The van der Waals surface area contributed by atoms with Crippen LogP contribution in [0.2, 0.25) is 0 Å². The van der Waals surface area contributed by atoms with Crippen LogP contribution in [0.15, 0.2) is 4.99 Å². The second kappa shape index (κ2) is 6.68. The van der Waals surface area contributed by atoms with Crippen LogP contribution in [0.4, 0.5) is 0 Å². The molecule has 0 aromatic heterocycles. The van der Waals surface area contributed by atoms with Gasteiger partial charge in [0.2, 0.25) is 0 Å². The average molecular weight is 200 g/mol. The quantitative estimate of drug-likeness (QED) is 0.558. The maximum Gasteiger partial charge on any atom is 0.285 e. The van der Waals surface area contributed by atoms with E-state index in [0.717, 1.165) is 0 Å². The Morgan fingerprint density at radius 1 is 1.14 bits per heavy atom. The van der Waals surface area contributed by atoms with E-state index in [-0.39, 0.29) is 6.04 Å². The fourth-order valence-corrected chi connectivity index (χ4v) is 0.843. The molecule has 0 saturated carbocycles. The van der Waals surface area contributed by atoms with Crippen LogP contribution >= 0.6 is 0 Å². The van der Waals surface area contributed by atoms with E-state index >= 15 is 0 Å². The van der Waals surface area contributed by atoms with Gasteiger partial charge in [0.15, 0.2) is 0 Å². The van der Waals surface area contributed by atoms with Crippen molar-refractivity contribution in [2.45, 2.75) is 53.6 Å². The summed E-state index contributed by atoms with van der Waals surface area (Å²) < 4.78 is 5.56. The van der Waals surface area contributed by atoms with Gasteiger partial charge in [-0.3, -0.25) is 0 Å². The van der Waals surface area contributed by atoms with Crippen LogP contribution in [0.3, 0.4) is 0 Å². The van der Waals surface area contributed by atoms with Gasteiger partial charge in [-0.25, -0.2) is 4.99 Å². The molecule has 0 heterocycles. The Morgan fingerprint density at radius 2 is 1.71 bits per heavy atom. The lowest BCUT2D eigenvalue weighted by atomic mass is 10.2. The highest BCUT2D eigenvalue weighted by molar-refractivity contribution is 5.74. The highest BCUT2D eigenvalue weighted by atomic mass is 16.5. The van der Waals surface area contributed by atoms with E-state index < -0.39 is 0 Å². The molecule has 0 unspecified atom stereocenters. The van der Waals surface area contributed by atoms with Gasteiger partial charge in [-0.2, -0.15) is 0 Å². The fraction of sp³-hybridized carbons (Fsp3) is 0.909. The molecule has 0 rings (SSSR count). The molecule has 3 heteroatoms. The van der Waals surface area contributed by atoms with Crippen LogP contribution in [0.5, 0.6) is 0 Å². The van der Waals surface area contributed by atoms with Gasteiger partial charge in [-0.05, 0) is 33.6 Å². The zero-order chi connectivity index (χ0) is 11.1. The van der Waals surface area contributed by atoms with E-state index in [1.54, 1.807) is 0 Å². The summed E-state index contributed by atoms with van der Waals surface area (Å²) in [4.78, 5) is 4.37. The van der Waals surface area contributed by atoms with Gasteiger partial charge in [0.1, 0.15) is 0 Å². The van der Waals surface area contributed by atoms with Crippen LogP contribution < -0.4 is 5.32 Å². The molecule has 0 atom stereocenters. The van der Waals surface area contributed by atoms with Crippen molar-refractivity contribution in [3.05, 3.63) is 0 Å². The van der Waals surface area contributed by atoms with Crippen molar-refractivity contribution in [2.24, 2.45) is 10.9 Å². The van der Waals surface area contributed by atoms with Crippen LogP contribution in [-0.2, 0) is 4.74 Å². The SMILES string of the molecule is CC(C)COC(=NC(C)C)NC(C)C. The number of rotatable bonds is 4. The van der Waals surface area contributed by atoms with Crippen molar-refractivity contribution >= 4 is 6.02 Å². The molecule has 0 fully saturated rings. The summed E-state index contributed by atoms with van der Waals surface area (Å²) in [7, 11) is 0. The Labute approximate surface area is 87.9 Å². The maximum absolute atomic E-state index is 5.56. The number of nitrogens with zero attached hydrogens (tertiary/aromatic N) is 1. The Hall–Kier alpha value is -0.730. The zero-order valence-electron chi connectivity index (χ0n) is 10.3. The van der Waals surface area contributed by atoms with E-state index in [1.165, 1.54) is 0 Å². The van der Waals surface area contributed by atoms with Crippen LogP contribution in [0.25, 0.3) is 0 Å². The summed E-state index contributed by atoms with van der Waals surface area (Å²) in [5.74, 6) is 0.529. The first-order valence-corrected chi connectivity index (χ1v) is 5.39. The summed E-state index contributed by atoms with van der Waals surface area (Å²) in [6, 6.07) is 1.30. The summed E-state index contributed by atoms with van der Waals surface area (Å²) >= 11 is 0. The predicted molar refractivity (Wildman–Crippen MR) is 61.6 cm³/mol.